The maximum absolute atomic E-state index is 11.7. The fourth-order valence-corrected chi connectivity index (χ4v) is 1.22. The molecule has 5 N–H and O–H groups in total. The number of carboxylic acid groups (broad SMARTS) is 1. The monoisotopic (exact) mass is 274 g/mol. The van der Waals surface area contributed by atoms with Crippen molar-refractivity contribution in [2.45, 2.75) is 19.9 Å². The third-order valence-corrected chi connectivity index (χ3v) is 2.04. The van der Waals surface area contributed by atoms with Gasteiger partial charge in [0.15, 0.2) is 0 Å². The fourth-order valence-electron chi connectivity index (χ4n) is 1.22. The van der Waals surface area contributed by atoms with Gasteiger partial charge in [-0.15, -0.1) is 0 Å². The minimum absolute atomic E-state index is 0.402. The Morgan fingerprint density at radius 1 is 1.26 bits per heavy atom. The lowest BCUT2D eigenvalue weighted by Gasteiger charge is -2.22. The van der Waals surface area contributed by atoms with Gasteiger partial charge in [-0.25, -0.2) is 4.79 Å². The number of hydrogen-bond acceptors (Lipinski definition) is 4. The molecule has 9 heteroatoms. The van der Waals surface area contributed by atoms with Crippen LogP contribution in [-0.4, -0.2) is 59.5 Å². The summed E-state index contributed by atoms with van der Waals surface area (Å²) in [5.41, 5.74) is 4.91. The highest BCUT2D eigenvalue weighted by Gasteiger charge is 2.22. The summed E-state index contributed by atoms with van der Waals surface area (Å²) in [6.45, 7) is 2.33. The second kappa shape index (κ2) is 7.90. The van der Waals surface area contributed by atoms with Crippen molar-refractivity contribution in [3.05, 3.63) is 0 Å². The number of likely N-dealkylation sites (N-methyl/N-ethyl adjacent to an activating group) is 1. The summed E-state index contributed by atoms with van der Waals surface area (Å²) in [6, 6.07) is -1.70. The SMILES string of the molecule is CCNC(=O)C(C)NC(=O)N(CC(N)=O)CC(=O)O. The number of hydrogen-bond donors (Lipinski definition) is 4. The van der Waals surface area contributed by atoms with E-state index in [-0.39, 0.29) is 0 Å². The van der Waals surface area contributed by atoms with Gasteiger partial charge in [0.25, 0.3) is 0 Å². The molecule has 0 aromatic rings. The molecule has 0 aromatic carbocycles. The van der Waals surface area contributed by atoms with Crippen LogP contribution in [0.2, 0.25) is 0 Å². The number of carboxylic acids is 1. The first-order valence-corrected chi connectivity index (χ1v) is 5.61. The number of nitrogens with zero attached hydrogens (tertiary/aromatic N) is 1. The van der Waals surface area contributed by atoms with E-state index in [1.54, 1.807) is 6.92 Å². The summed E-state index contributed by atoms with van der Waals surface area (Å²) < 4.78 is 0. The van der Waals surface area contributed by atoms with Crippen LogP contribution in [0.4, 0.5) is 4.79 Å². The molecule has 0 fully saturated rings. The molecule has 0 saturated heterocycles. The van der Waals surface area contributed by atoms with Crippen LogP contribution in [0.1, 0.15) is 13.8 Å². The summed E-state index contributed by atoms with van der Waals surface area (Å²) in [5.74, 6) is -2.55. The minimum atomic E-state index is -1.29. The first-order chi connectivity index (χ1) is 8.77. The van der Waals surface area contributed by atoms with Crippen LogP contribution in [0.3, 0.4) is 0 Å². The van der Waals surface area contributed by atoms with Crippen molar-refractivity contribution in [1.82, 2.24) is 15.5 Å². The zero-order chi connectivity index (χ0) is 15.0. The van der Waals surface area contributed by atoms with Gasteiger partial charge < -0.3 is 26.4 Å². The van der Waals surface area contributed by atoms with Gasteiger partial charge in [-0.05, 0) is 13.8 Å². The number of primary amides is 1. The van der Waals surface area contributed by atoms with Gasteiger partial charge in [0.05, 0.1) is 0 Å². The number of urea groups is 1. The van der Waals surface area contributed by atoms with Crippen molar-refractivity contribution in [1.29, 1.82) is 0 Å². The molecule has 0 aromatic heterocycles. The third-order valence-electron chi connectivity index (χ3n) is 2.04. The van der Waals surface area contributed by atoms with E-state index in [4.69, 9.17) is 10.8 Å². The normalized spacial score (nSPS) is 11.3. The molecule has 19 heavy (non-hydrogen) atoms. The molecule has 1 atom stereocenters. The second-order valence-corrected chi connectivity index (χ2v) is 3.78. The van der Waals surface area contributed by atoms with E-state index in [0.29, 0.717) is 11.4 Å². The maximum atomic E-state index is 11.7. The highest BCUT2D eigenvalue weighted by Crippen LogP contribution is 1.92. The van der Waals surface area contributed by atoms with Gasteiger partial charge in [-0.2, -0.15) is 0 Å². The second-order valence-electron chi connectivity index (χ2n) is 3.78. The average Bonchev–Trinajstić information content (AvgIpc) is 2.26. The van der Waals surface area contributed by atoms with Crippen molar-refractivity contribution < 1.29 is 24.3 Å². The number of carbonyl (C=O) groups excluding carboxylic acids is 3. The molecule has 0 aliphatic heterocycles. The topological polar surface area (TPSA) is 142 Å². The maximum Gasteiger partial charge on any atom is 0.323 e. The molecule has 0 spiro atoms. The predicted molar refractivity (Wildman–Crippen MR) is 65.1 cm³/mol. The van der Waals surface area contributed by atoms with Crippen LogP contribution in [-0.2, 0) is 14.4 Å². The molecule has 108 valence electrons. The summed E-state index contributed by atoms with van der Waals surface area (Å²) in [6.07, 6.45) is 0. The van der Waals surface area contributed by atoms with E-state index < -0.39 is 42.9 Å². The van der Waals surface area contributed by atoms with E-state index in [0.717, 1.165) is 0 Å². The number of aliphatic carboxylic acids is 1. The van der Waals surface area contributed by atoms with Crippen molar-refractivity contribution in [2.75, 3.05) is 19.6 Å². The highest BCUT2D eigenvalue weighted by molar-refractivity contribution is 5.90. The lowest BCUT2D eigenvalue weighted by Crippen LogP contribution is -2.52. The Bertz CT molecular complexity index is 355. The zero-order valence-electron chi connectivity index (χ0n) is 10.8. The Labute approximate surface area is 110 Å². The van der Waals surface area contributed by atoms with Gasteiger partial charge in [0.1, 0.15) is 19.1 Å². The molecule has 0 saturated carbocycles. The van der Waals surface area contributed by atoms with Gasteiger partial charge >= 0.3 is 12.0 Å². The van der Waals surface area contributed by atoms with Gasteiger partial charge in [-0.3, -0.25) is 14.4 Å². The summed E-state index contributed by atoms with van der Waals surface area (Å²) in [4.78, 5) is 45.1. The standard InChI is InChI=1S/C10H18N4O5/c1-3-12-9(18)6(2)13-10(19)14(4-7(11)15)5-8(16)17/h6H,3-5H2,1-2H3,(H2,11,15)(H,12,18)(H,13,19)(H,16,17). The van der Waals surface area contributed by atoms with Crippen molar-refractivity contribution in [2.24, 2.45) is 5.73 Å². The zero-order valence-corrected chi connectivity index (χ0v) is 10.8. The highest BCUT2D eigenvalue weighted by atomic mass is 16.4. The Kier molecular flexibility index (Phi) is 6.94. The lowest BCUT2D eigenvalue weighted by atomic mass is 10.3. The summed E-state index contributed by atoms with van der Waals surface area (Å²) in [5, 5.41) is 13.4. The number of amides is 4. The molecular formula is C10H18N4O5. The van der Waals surface area contributed by atoms with E-state index >= 15 is 0 Å². The van der Waals surface area contributed by atoms with E-state index in [9.17, 15) is 19.2 Å². The molecule has 9 nitrogen and oxygen atoms in total. The Hall–Kier alpha value is -2.32. The molecule has 0 bridgehead atoms. The smallest absolute Gasteiger partial charge is 0.323 e. The third kappa shape index (κ3) is 6.86. The molecule has 0 radical (unpaired) electrons. The van der Waals surface area contributed by atoms with Crippen LogP contribution in [0.25, 0.3) is 0 Å². The van der Waals surface area contributed by atoms with Crippen LogP contribution >= 0.6 is 0 Å². The largest absolute Gasteiger partial charge is 0.480 e. The number of nitrogens with two attached hydrogens (primary N) is 1. The average molecular weight is 274 g/mol. The molecule has 0 heterocycles. The molecule has 0 aliphatic rings. The number of carbonyl (C=O) groups is 4. The summed E-state index contributed by atoms with van der Waals surface area (Å²) >= 11 is 0. The molecule has 0 rings (SSSR count). The molecular weight excluding hydrogens is 256 g/mol. The van der Waals surface area contributed by atoms with Gasteiger partial charge in [0.2, 0.25) is 11.8 Å². The van der Waals surface area contributed by atoms with E-state index in [2.05, 4.69) is 10.6 Å². The fraction of sp³-hybridized carbons (Fsp3) is 0.600. The van der Waals surface area contributed by atoms with Crippen LogP contribution < -0.4 is 16.4 Å². The first-order valence-electron chi connectivity index (χ1n) is 5.61. The first kappa shape index (κ1) is 16.7. The minimum Gasteiger partial charge on any atom is -0.480 e. The summed E-state index contributed by atoms with van der Waals surface area (Å²) in [7, 11) is 0. The van der Waals surface area contributed by atoms with E-state index in [1.807, 2.05) is 0 Å². The quantitative estimate of drug-likeness (QED) is 0.428. The Morgan fingerprint density at radius 2 is 1.84 bits per heavy atom. The lowest BCUT2D eigenvalue weighted by molar-refractivity contribution is -0.137. The Balaban J connectivity index is 4.58. The molecule has 0 aliphatic carbocycles. The van der Waals surface area contributed by atoms with E-state index in [1.165, 1.54) is 6.92 Å². The molecule has 1 unspecified atom stereocenters. The van der Waals surface area contributed by atoms with Crippen LogP contribution in [0, 0.1) is 0 Å². The van der Waals surface area contributed by atoms with Crippen molar-refractivity contribution in [3.63, 3.8) is 0 Å². The molecule has 4 amide bonds. The Morgan fingerprint density at radius 3 is 2.26 bits per heavy atom. The van der Waals surface area contributed by atoms with Crippen LogP contribution in [0.15, 0.2) is 0 Å². The van der Waals surface area contributed by atoms with Gasteiger partial charge in [0, 0.05) is 6.54 Å². The van der Waals surface area contributed by atoms with Crippen molar-refractivity contribution >= 4 is 23.8 Å². The number of nitrogens with one attached hydrogen (secondary N) is 2. The van der Waals surface area contributed by atoms with Crippen LogP contribution in [0.5, 0.6) is 0 Å². The van der Waals surface area contributed by atoms with Gasteiger partial charge in [-0.1, -0.05) is 0 Å². The predicted octanol–water partition coefficient (Wildman–Crippen LogP) is -1.91. The van der Waals surface area contributed by atoms with Crippen molar-refractivity contribution in [3.8, 4) is 0 Å². The number of rotatable bonds is 7.